The lowest BCUT2D eigenvalue weighted by atomic mass is 10.1. The summed E-state index contributed by atoms with van der Waals surface area (Å²) in [5.74, 6) is 1.53. The van der Waals surface area contributed by atoms with Gasteiger partial charge in [0.25, 0.3) is 0 Å². The van der Waals surface area contributed by atoms with Crippen molar-refractivity contribution in [3.63, 3.8) is 0 Å². The second-order valence-electron chi connectivity index (χ2n) is 4.79. The molecule has 8 heteroatoms. The number of hydrogen-bond acceptors (Lipinski definition) is 3. The summed E-state index contributed by atoms with van der Waals surface area (Å²) >= 11 is 1.68. The summed E-state index contributed by atoms with van der Waals surface area (Å²) < 4.78 is 38.2. The van der Waals surface area contributed by atoms with E-state index in [0.29, 0.717) is 29.4 Å². The first-order chi connectivity index (χ1) is 9.28. The zero-order valence-corrected chi connectivity index (χ0v) is 12.1. The summed E-state index contributed by atoms with van der Waals surface area (Å²) in [5, 5.41) is 3.90. The molecule has 112 valence electrons. The number of hydrogen-bond donors (Lipinski definition) is 0. The average Bonchev–Trinajstić information content (AvgIpc) is 2.92. The number of rotatable bonds is 3. The Hall–Kier alpha value is -1.18. The third kappa shape index (κ3) is 3.47. The predicted octanol–water partition coefficient (Wildman–Crippen LogP) is 2.14. The Morgan fingerprint density at radius 1 is 1.40 bits per heavy atom. The summed E-state index contributed by atoms with van der Waals surface area (Å²) in [6.45, 7) is 2.81. The molecule has 1 aromatic rings. The number of aryl methyl sites for hydroxylation is 1. The Morgan fingerprint density at radius 2 is 2.10 bits per heavy atom. The molecule has 1 aliphatic rings. The summed E-state index contributed by atoms with van der Waals surface area (Å²) in [6.07, 6.45) is -4.19. The van der Waals surface area contributed by atoms with Gasteiger partial charge in [-0.25, -0.2) is 0 Å². The van der Waals surface area contributed by atoms with Crippen LogP contribution in [-0.4, -0.2) is 44.9 Å². The normalized spacial score (nSPS) is 15.9. The molecular weight excluding hydrogens is 291 g/mol. The van der Waals surface area contributed by atoms with Gasteiger partial charge in [0.1, 0.15) is 6.54 Å². The lowest BCUT2D eigenvalue weighted by Gasteiger charge is -2.14. The fraction of sp³-hybridized carbons (Fsp3) is 0.667. The molecule has 0 aliphatic carbocycles. The molecule has 1 amide bonds. The molecule has 0 N–H and O–H groups in total. The molecular formula is C12H16F3N3OS. The first kappa shape index (κ1) is 15.2. The molecule has 4 nitrogen and oxygen atoms in total. The average molecular weight is 307 g/mol. The van der Waals surface area contributed by atoms with E-state index in [0.717, 1.165) is 10.4 Å². The Morgan fingerprint density at radius 3 is 2.65 bits per heavy atom. The van der Waals surface area contributed by atoms with Crippen LogP contribution in [0.4, 0.5) is 13.2 Å². The zero-order valence-electron chi connectivity index (χ0n) is 11.3. The number of nitrogens with zero attached hydrogens (tertiary/aromatic N) is 3. The quantitative estimate of drug-likeness (QED) is 0.859. The van der Waals surface area contributed by atoms with Gasteiger partial charge in [0, 0.05) is 23.6 Å². The molecule has 0 bridgehead atoms. The van der Waals surface area contributed by atoms with Gasteiger partial charge >= 0.3 is 6.18 Å². The van der Waals surface area contributed by atoms with Crippen molar-refractivity contribution in [1.82, 2.24) is 14.7 Å². The van der Waals surface area contributed by atoms with E-state index < -0.39 is 12.7 Å². The van der Waals surface area contributed by atoms with Gasteiger partial charge in [-0.2, -0.15) is 18.3 Å². The first-order valence-electron chi connectivity index (χ1n) is 6.23. The smallest absolute Gasteiger partial charge is 0.332 e. The molecule has 2 heterocycles. The summed E-state index contributed by atoms with van der Waals surface area (Å²) in [5.41, 5.74) is 1.52. The van der Waals surface area contributed by atoms with E-state index in [1.807, 2.05) is 0 Å². The number of thioether (sulfide) groups is 1. The molecule has 0 atom stereocenters. The fourth-order valence-corrected chi connectivity index (χ4v) is 3.16. The molecule has 0 radical (unpaired) electrons. The van der Waals surface area contributed by atoms with Crippen molar-refractivity contribution in [2.45, 2.75) is 33.0 Å². The van der Waals surface area contributed by atoms with Crippen molar-refractivity contribution < 1.29 is 18.0 Å². The van der Waals surface area contributed by atoms with Crippen molar-refractivity contribution >= 4 is 17.7 Å². The third-order valence-corrected chi connectivity index (χ3v) is 4.26. The highest BCUT2D eigenvalue weighted by Gasteiger charge is 2.30. The standard InChI is InChI=1S/C12H16F3N3OS/c1-8-10(5-11(19)17-3-4-20-7-17)9(2)18(16-8)6-12(13,14)15/h3-7H2,1-2H3. The molecule has 2 rings (SSSR count). The Bertz CT molecular complexity index is 507. The minimum absolute atomic E-state index is 0.0484. The molecule has 0 spiro atoms. The van der Waals surface area contributed by atoms with Gasteiger partial charge in [0.2, 0.25) is 5.91 Å². The van der Waals surface area contributed by atoms with E-state index in [9.17, 15) is 18.0 Å². The SMILES string of the molecule is Cc1nn(CC(F)(F)F)c(C)c1CC(=O)N1CCSC1. The Kier molecular flexibility index (Phi) is 4.31. The lowest BCUT2D eigenvalue weighted by molar-refractivity contribution is -0.143. The van der Waals surface area contributed by atoms with Gasteiger partial charge in [-0.3, -0.25) is 9.48 Å². The van der Waals surface area contributed by atoms with Crippen molar-refractivity contribution in [2.75, 3.05) is 18.2 Å². The maximum Gasteiger partial charge on any atom is 0.408 e. The first-order valence-corrected chi connectivity index (χ1v) is 7.38. The van der Waals surface area contributed by atoms with Crippen LogP contribution >= 0.6 is 11.8 Å². The summed E-state index contributed by atoms with van der Waals surface area (Å²) in [6, 6.07) is 0. The molecule has 1 fully saturated rings. The van der Waals surface area contributed by atoms with E-state index in [1.165, 1.54) is 0 Å². The maximum absolute atomic E-state index is 12.4. The second kappa shape index (κ2) is 5.67. The number of halogens is 3. The molecule has 0 aromatic carbocycles. The highest BCUT2D eigenvalue weighted by Crippen LogP contribution is 2.22. The number of carbonyl (C=O) groups is 1. The van der Waals surface area contributed by atoms with Crippen LogP contribution in [0.5, 0.6) is 0 Å². The zero-order chi connectivity index (χ0) is 14.9. The highest BCUT2D eigenvalue weighted by atomic mass is 32.2. The Balaban J connectivity index is 2.13. The van der Waals surface area contributed by atoms with Gasteiger partial charge in [-0.15, -0.1) is 11.8 Å². The third-order valence-electron chi connectivity index (χ3n) is 3.29. The molecule has 0 saturated carbocycles. The maximum atomic E-state index is 12.4. The summed E-state index contributed by atoms with van der Waals surface area (Å²) in [7, 11) is 0. The fourth-order valence-electron chi connectivity index (χ4n) is 2.19. The van der Waals surface area contributed by atoms with Crippen LogP contribution in [0.25, 0.3) is 0 Å². The molecule has 1 aliphatic heterocycles. The van der Waals surface area contributed by atoms with Crippen LogP contribution < -0.4 is 0 Å². The second-order valence-corrected chi connectivity index (χ2v) is 5.87. The summed E-state index contributed by atoms with van der Waals surface area (Å²) in [4.78, 5) is 13.8. The van der Waals surface area contributed by atoms with Gasteiger partial charge in [-0.05, 0) is 13.8 Å². The molecule has 0 unspecified atom stereocenters. The van der Waals surface area contributed by atoms with Gasteiger partial charge in [-0.1, -0.05) is 0 Å². The van der Waals surface area contributed by atoms with E-state index >= 15 is 0 Å². The number of amides is 1. The Labute approximate surface area is 119 Å². The van der Waals surface area contributed by atoms with Crippen molar-refractivity contribution in [1.29, 1.82) is 0 Å². The van der Waals surface area contributed by atoms with Gasteiger partial charge in [0.15, 0.2) is 0 Å². The minimum atomic E-state index is -4.31. The van der Waals surface area contributed by atoms with Crippen molar-refractivity contribution in [2.24, 2.45) is 0 Å². The van der Waals surface area contributed by atoms with E-state index in [1.54, 1.807) is 30.5 Å². The largest absolute Gasteiger partial charge is 0.408 e. The van der Waals surface area contributed by atoms with E-state index in [-0.39, 0.29) is 12.3 Å². The molecule has 1 aromatic heterocycles. The van der Waals surface area contributed by atoms with Gasteiger partial charge < -0.3 is 4.90 Å². The van der Waals surface area contributed by atoms with Crippen LogP contribution in [0.1, 0.15) is 17.0 Å². The van der Waals surface area contributed by atoms with Crippen LogP contribution in [0.3, 0.4) is 0 Å². The number of carbonyl (C=O) groups excluding carboxylic acids is 1. The topological polar surface area (TPSA) is 38.1 Å². The highest BCUT2D eigenvalue weighted by molar-refractivity contribution is 7.99. The molecule has 1 saturated heterocycles. The molecule has 20 heavy (non-hydrogen) atoms. The lowest BCUT2D eigenvalue weighted by Crippen LogP contribution is -2.29. The predicted molar refractivity (Wildman–Crippen MR) is 70.5 cm³/mol. The van der Waals surface area contributed by atoms with Gasteiger partial charge in [0.05, 0.1) is 18.0 Å². The minimum Gasteiger partial charge on any atom is -0.332 e. The van der Waals surface area contributed by atoms with E-state index in [4.69, 9.17) is 0 Å². The van der Waals surface area contributed by atoms with Crippen LogP contribution in [-0.2, 0) is 17.8 Å². The van der Waals surface area contributed by atoms with Crippen LogP contribution in [0.2, 0.25) is 0 Å². The van der Waals surface area contributed by atoms with Crippen molar-refractivity contribution in [3.05, 3.63) is 17.0 Å². The van der Waals surface area contributed by atoms with Crippen molar-refractivity contribution in [3.8, 4) is 0 Å². The van der Waals surface area contributed by atoms with Crippen LogP contribution in [0, 0.1) is 13.8 Å². The van der Waals surface area contributed by atoms with E-state index in [2.05, 4.69) is 5.10 Å². The number of alkyl halides is 3. The number of aromatic nitrogens is 2. The monoisotopic (exact) mass is 307 g/mol. The van der Waals surface area contributed by atoms with Crippen LogP contribution in [0.15, 0.2) is 0 Å².